The molecule has 0 saturated carbocycles. The van der Waals surface area contributed by atoms with Crippen molar-refractivity contribution in [1.82, 2.24) is 9.97 Å². The van der Waals surface area contributed by atoms with E-state index in [9.17, 15) is 4.79 Å². The predicted molar refractivity (Wildman–Crippen MR) is 61.4 cm³/mol. The lowest BCUT2D eigenvalue weighted by Gasteiger charge is -2.06. The fraction of sp³-hybridized carbons (Fsp3) is 0.182. The summed E-state index contributed by atoms with van der Waals surface area (Å²) in [6.45, 7) is 3.20. The monoisotopic (exact) mass is 234 g/mol. The van der Waals surface area contributed by atoms with Gasteiger partial charge in [-0.15, -0.1) is 11.3 Å². The molecule has 0 bridgehead atoms. The number of rotatable bonds is 2. The number of aromatic nitrogens is 2. The number of ether oxygens (including phenoxy) is 1. The normalized spacial score (nSPS) is 10.1. The highest BCUT2D eigenvalue weighted by Crippen LogP contribution is 2.29. The molecule has 2 aromatic heterocycles. The molecule has 0 saturated heterocycles. The average molecular weight is 234 g/mol. The lowest BCUT2D eigenvalue weighted by molar-refractivity contribution is -0.132. The highest BCUT2D eigenvalue weighted by atomic mass is 32.1. The maximum atomic E-state index is 11.0. The summed E-state index contributed by atoms with van der Waals surface area (Å²) in [6, 6.07) is 3.73. The van der Waals surface area contributed by atoms with E-state index in [1.165, 1.54) is 18.3 Å². The number of nitrogens with zero attached hydrogens (tertiary/aromatic N) is 2. The zero-order chi connectivity index (χ0) is 11.5. The second-order valence-corrected chi connectivity index (χ2v) is 4.13. The number of carbonyl (C=O) groups is 1. The molecule has 0 N–H and O–H groups in total. The van der Waals surface area contributed by atoms with E-state index in [2.05, 4.69) is 9.97 Å². The molecule has 0 aliphatic rings. The fourth-order valence-electron chi connectivity index (χ4n) is 1.27. The molecule has 0 unspecified atom stereocenters. The van der Waals surface area contributed by atoms with Gasteiger partial charge in [0.2, 0.25) is 5.88 Å². The van der Waals surface area contributed by atoms with Crippen LogP contribution in [0.3, 0.4) is 0 Å². The summed E-state index contributed by atoms with van der Waals surface area (Å²) in [7, 11) is 0. The van der Waals surface area contributed by atoms with Gasteiger partial charge in [-0.3, -0.25) is 4.79 Å². The van der Waals surface area contributed by atoms with Crippen LogP contribution in [0.2, 0.25) is 0 Å². The van der Waals surface area contributed by atoms with Crippen LogP contribution in [0.25, 0.3) is 10.6 Å². The second-order valence-electron chi connectivity index (χ2n) is 3.24. The third-order valence-electron chi connectivity index (χ3n) is 1.90. The zero-order valence-corrected chi connectivity index (χ0v) is 9.75. The molecule has 5 heteroatoms. The Balaban J connectivity index is 2.48. The molecule has 4 nitrogen and oxygen atoms in total. The highest BCUT2D eigenvalue weighted by molar-refractivity contribution is 7.13. The summed E-state index contributed by atoms with van der Waals surface area (Å²) in [5.74, 6) is -0.0571. The first-order chi connectivity index (χ1) is 7.66. The first-order valence-corrected chi connectivity index (χ1v) is 5.60. The topological polar surface area (TPSA) is 52.1 Å². The van der Waals surface area contributed by atoms with Gasteiger partial charge in [0.05, 0.1) is 5.56 Å². The summed E-state index contributed by atoms with van der Waals surface area (Å²) in [6.07, 6.45) is 1.71. The Morgan fingerprint density at radius 3 is 2.88 bits per heavy atom. The SMILES string of the molecule is CC(=O)Oc1nc(C)ccc1-c1nccs1. The highest BCUT2D eigenvalue weighted by Gasteiger charge is 2.12. The van der Waals surface area contributed by atoms with Crippen molar-refractivity contribution in [1.29, 1.82) is 0 Å². The smallest absolute Gasteiger partial charge is 0.309 e. The van der Waals surface area contributed by atoms with Gasteiger partial charge < -0.3 is 4.74 Å². The molecule has 0 fully saturated rings. The molecule has 0 aliphatic heterocycles. The third-order valence-corrected chi connectivity index (χ3v) is 2.71. The Morgan fingerprint density at radius 1 is 1.44 bits per heavy atom. The quantitative estimate of drug-likeness (QED) is 0.749. The molecule has 0 radical (unpaired) electrons. The van der Waals surface area contributed by atoms with Crippen LogP contribution in [0.4, 0.5) is 0 Å². The number of hydrogen-bond acceptors (Lipinski definition) is 5. The molecule has 0 aromatic carbocycles. The number of thiazole rings is 1. The molecule has 2 heterocycles. The Labute approximate surface area is 96.9 Å². The lowest BCUT2D eigenvalue weighted by Crippen LogP contribution is -2.05. The standard InChI is InChI=1S/C11H10N2O2S/c1-7-3-4-9(11-12-5-6-16-11)10(13-7)15-8(2)14/h3-6H,1-2H3. The van der Waals surface area contributed by atoms with Gasteiger partial charge in [-0.2, -0.15) is 0 Å². The van der Waals surface area contributed by atoms with Gasteiger partial charge in [0.1, 0.15) is 5.01 Å². The van der Waals surface area contributed by atoms with Crippen molar-refractivity contribution < 1.29 is 9.53 Å². The molecule has 2 rings (SSSR count). The van der Waals surface area contributed by atoms with Crippen molar-refractivity contribution in [3.8, 4) is 16.5 Å². The number of pyridine rings is 1. The van der Waals surface area contributed by atoms with Gasteiger partial charge in [-0.1, -0.05) is 0 Å². The van der Waals surface area contributed by atoms with Crippen LogP contribution < -0.4 is 4.74 Å². The molecule has 2 aromatic rings. The van der Waals surface area contributed by atoms with Crippen LogP contribution in [0, 0.1) is 6.92 Å². The van der Waals surface area contributed by atoms with Gasteiger partial charge >= 0.3 is 5.97 Å². The van der Waals surface area contributed by atoms with Gasteiger partial charge in [0, 0.05) is 24.2 Å². The van der Waals surface area contributed by atoms with Crippen molar-refractivity contribution in [3.63, 3.8) is 0 Å². The van der Waals surface area contributed by atoms with Crippen molar-refractivity contribution >= 4 is 17.3 Å². The van der Waals surface area contributed by atoms with Crippen LogP contribution in [-0.2, 0) is 4.79 Å². The van der Waals surface area contributed by atoms with E-state index in [1.807, 2.05) is 24.4 Å². The van der Waals surface area contributed by atoms with E-state index in [-0.39, 0.29) is 5.97 Å². The van der Waals surface area contributed by atoms with Gasteiger partial charge in [-0.25, -0.2) is 9.97 Å². The largest absolute Gasteiger partial charge is 0.407 e. The minimum absolute atomic E-state index is 0.322. The minimum Gasteiger partial charge on any atom is -0.407 e. The number of hydrogen-bond donors (Lipinski definition) is 0. The van der Waals surface area contributed by atoms with E-state index >= 15 is 0 Å². The summed E-state index contributed by atoms with van der Waals surface area (Å²) in [5, 5.41) is 2.66. The summed E-state index contributed by atoms with van der Waals surface area (Å²) >= 11 is 1.48. The second kappa shape index (κ2) is 4.40. The molecular weight excluding hydrogens is 224 g/mol. The van der Waals surface area contributed by atoms with E-state index in [1.54, 1.807) is 6.20 Å². The fourth-order valence-corrected chi connectivity index (χ4v) is 1.92. The molecule has 0 atom stereocenters. The van der Waals surface area contributed by atoms with E-state index in [0.717, 1.165) is 16.3 Å². The first-order valence-electron chi connectivity index (χ1n) is 4.73. The van der Waals surface area contributed by atoms with Crippen LogP contribution in [-0.4, -0.2) is 15.9 Å². The summed E-state index contributed by atoms with van der Waals surface area (Å²) < 4.78 is 5.07. The minimum atomic E-state index is -0.379. The van der Waals surface area contributed by atoms with E-state index < -0.39 is 0 Å². The lowest BCUT2D eigenvalue weighted by atomic mass is 10.2. The van der Waals surface area contributed by atoms with E-state index in [4.69, 9.17) is 4.74 Å². The molecule has 0 amide bonds. The van der Waals surface area contributed by atoms with Crippen LogP contribution in [0.5, 0.6) is 5.88 Å². The Kier molecular flexibility index (Phi) is 2.96. The van der Waals surface area contributed by atoms with Crippen molar-refractivity contribution in [3.05, 3.63) is 29.4 Å². The van der Waals surface area contributed by atoms with Crippen LogP contribution in [0.15, 0.2) is 23.7 Å². The Morgan fingerprint density at radius 2 is 2.25 bits per heavy atom. The first kappa shape index (κ1) is 10.8. The molecule has 0 spiro atoms. The molecular formula is C11H10N2O2S. The predicted octanol–water partition coefficient (Wildman–Crippen LogP) is 2.44. The summed E-state index contributed by atoms with van der Waals surface area (Å²) in [5.41, 5.74) is 1.55. The van der Waals surface area contributed by atoms with Crippen molar-refractivity contribution in [2.24, 2.45) is 0 Å². The van der Waals surface area contributed by atoms with Gasteiger partial charge in [-0.05, 0) is 19.1 Å². The maximum absolute atomic E-state index is 11.0. The number of carbonyl (C=O) groups excluding carboxylic acids is 1. The number of aryl methyl sites for hydroxylation is 1. The van der Waals surface area contributed by atoms with Gasteiger partial charge in [0.15, 0.2) is 0 Å². The molecule has 82 valence electrons. The average Bonchev–Trinajstić information content (AvgIpc) is 2.69. The van der Waals surface area contributed by atoms with Crippen molar-refractivity contribution in [2.45, 2.75) is 13.8 Å². The molecule has 16 heavy (non-hydrogen) atoms. The van der Waals surface area contributed by atoms with Gasteiger partial charge in [0.25, 0.3) is 0 Å². The Hall–Kier alpha value is -1.75. The van der Waals surface area contributed by atoms with Crippen LogP contribution >= 0.6 is 11.3 Å². The van der Waals surface area contributed by atoms with Crippen molar-refractivity contribution in [2.75, 3.05) is 0 Å². The third kappa shape index (κ3) is 2.25. The van der Waals surface area contributed by atoms with Crippen LogP contribution in [0.1, 0.15) is 12.6 Å². The van der Waals surface area contributed by atoms with E-state index in [0.29, 0.717) is 5.88 Å². The number of esters is 1. The Bertz CT molecular complexity index is 509. The maximum Gasteiger partial charge on any atom is 0.309 e. The zero-order valence-electron chi connectivity index (χ0n) is 8.93. The summed E-state index contributed by atoms with van der Waals surface area (Å²) in [4.78, 5) is 19.3. The molecule has 0 aliphatic carbocycles.